The molecule has 0 aliphatic rings. The van der Waals surface area contributed by atoms with Gasteiger partial charge >= 0.3 is 107 Å². The number of hydrogen-bond donors (Lipinski definition) is 0. The van der Waals surface area contributed by atoms with Gasteiger partial charge in [-0.15, -0.1) is 0 Å². The zero-order valence-corrected chi connectivity index (χ0v) is 12.4. The van der Waals surface area contributed by atoms with Crippen molar-refractivity contribution in [2.24, 2.45) is 0 Å². The summed E-state index contributed by atoms with van der Waals surface area (Å²) in [7, 11) is 0. The number of aryl methyl sites for hydroxylation is 1. The monoisotopic (exact) mass is 231 g/mol. The zero-order valence-electron chi connectivity index (χ0n) is 12.4. The molecule has 1 unspecified atom stereocenters. The Morgan fingerprint density at radius 3 is 2.00 bits per heavy atom. The van der Waals surface area contributed by atoms with Gasteiger partial charge in [-0.3, -0.25) is 0 Å². The molecule has 1 nitrogen and oxygen atoms in total. The van der Waals surface area contributed by atoms with Gasteiger partial charge in [-0.1, -0.05) is 0 Å². The van der Waals surface area contributed by atoms with Crippen LogP contribution in [0.15, 0.2) is 12.0 Å². The summed E-state index contributed by atoms with van der Waals surface area (Å²) < 4.78 is 0. The van der Waals surface area contributed by atoms with Gasteiger partial charge in [0.05, 0.1) is 0 Å². The summed E-state index contributed by atoms with van der Waals surface area (Å²) >= 11 is 0. The molecular formula is C15H26BN. The third kappa shape index (κ3) is 3.19. The molecule has 1 atom stereocenters. The Hall–Kier alpha value is -0.625. The van der Waals surface area contributed by atoms with Crippen LogP contribution in [0, 0.1) is 13.8 Å². The minimum atomic E-state index is 0.481. The van der Waals surface area contributed by atoms with Crippen LogP contribution >= 0.6 is 0 Å². The van der Waals surface area contributed by atoms with Crippen molar-refractivity contribution in [3.05, 3.63) is 28.6 Å². The second-order valence-electron chi connectivity index (χ2n) is 5.60. The quantitative estimate of drug-likeness (QED) is 0.761. The van der Waals surface area contributed by atoms with Gasteiger partial charge in [-0.05, 0) is 0 Å². The van der Waals surface area contributed by atoms with E-state index in [-0.39, 0.29) is 0 Å². The summed E-state index contributed by atoms with van der Waals surface area (Å²) in [4.78, 5) is 2.57. The molecule has 1 heterocycles. The van der Waals surface area contributed by atoms with Crippen LogP contribution in [0.4, 0.5) is 0 Å². The van der Waals surface area contributed by atoms with Gasteiger partial charge in [0.25, 0.3) is 0 Å². The topological polar surface area (TPSA) is 3.24 Å². The first-order valence-electron chi connectivity index (χ1n) is 6.69. The first kappa shape index (κ1) is 14.4. The number of hydrogen-bond acceptors (Lipinski definition) is 1. The van der Waals surface area contributed by atoms with E-state index in [0.29, 0.717) is 18.1 Å². The molecule has 0 amide bonds. The Bertz CT molecular complexity index is 363. The van der Waals surface area contributed by atoms with E-state index in [1.165, 1.54) is 16.6 Å². The zero-order chi connectivity index (χ0) is 13.2. The maximum absolute atomic E-state index is 2.57. The molecule has 0 saturated carbocycles. The normalized spacial score (nSPS) is 13.5. The Morgan fingerprint density at radius 2 is 1.53 bits per heavy atom. The van der Waals surface area contributed by atoms with Gasteiger partial charge in [0.2, 0.25) is 0 Å². The Labute approximate surface area is 107 Å². The maximum atomic E-state index is 2.57. The predicted molar refractivity (Wildman–Crippen MR) is 77.8 cm³/mol. The van der Waals surface area contributed by atoms with Crippen LogP contribution in [0.2, 0.25) is 0 Å². The number of nitrogens with zero attached hydrogens (tertiary/aromatic N) is 1. The van der Waals surface area contributed by atoms with Gasteiger partial charge in [-0.2, -0.15) is 0 Å². The van der Waals surface area contributed by atoms with E-state index in [2.05, 4.69) is 72.3 Å². The predicted octanol–water partition coefficient (Wildman–Crippen LogP) is 3.82. The van der Waals surface area contributed by atoms with Crippen LogP contribution in [-0.2, 0) is 0 Å². The molecule has 1 rings (SSSR count). The third-order valence-electron chi connectivity index (χ3n) is 3.74. The van der Waals surface area contributed by atoms with Crippen LogP contribution in [0.5, 0.6) is 0 Å². The van der Waals surface area contributed by atoms with Crippen LogP contribution in [-0.4, -0.2) is 23.9 Å². The van der Waals surface area contributed by atoms with Crippen LogP contribution in [0.25, 0.3) is 0 Å². The molecule has 0 N–H and O–H groups in total. The van der Waals surface area contributed by atoms with Crippen LogP contribution in [0.1, 0.15) is 57.2 Å². The molecular weight excluding hydrogens is 205 g/mol. The second-order valence-corrected chi connectivity index (χ2v) is 5.60. The molecule has 0 aromatic carbocycles. The average molecular weight is 231 g/mol. The van der Waals surface area contributed by atoms with Crippen molar-refractivity contribution in [2.45, 2.75) is 66.6 Å². The summed E-state index contributed by atoms with van der Waals surface area (Å²) in [5.41, 5.74) is 4.29. The molecule has 0 aliphatic heterocycles. The van der Waals surface area contributed by atoms with E-state index >= 15 is 0 Å². The van der Waals surface area contributed by atoms with E-state index < -0.39 is 0 Å². The molecule has 0 radical (unpaired) electrons. The first-order valence-corrected chi connectivity index (χ1v) is 6.69. The fraction of sp³-hybridized carbons (Fsp3) is 0.667. The summed E-state index contributed by atoms with van der Waals surface area (Å²) in [6, 6.07) is 3.82. The second kappa shape index (κ2) is 5.81. The van der Waals surface area contributed by atoms with Crippen molar-refractivity contribution in [3.63, 3.8) is 0 Å². The summed E-state index contributed by atoms with van der Waals surface area (Å²) in [5.74, 6) is 2.17. The molecule has 0 bridgehead atoms. The minimum absolute atomic E-state index is 0.481. The van der Waals surface area contributed by atoms with Crippen LogP contribution in [0.3, 0.4) is 0 Å². The molecule has 0 aliphatic carbocycles. The van der Waals surface area contributed by atoms with Gasteiger partial charge in [0.1, 0.15) is 0 Å². The van der Waals surface area contributed by atoms with Crippen molar-refractivity contribution in [2.75, 3.05) is 0 Å². The Morgan fingerprint density at radius 1 is 1.00 bits per heavy atom. The van der Waals surface area contributed by atoms with E-state index in [1.54, 1.807) is 0 Å². The summed E-state index contributed by atoms with van der Waals surface area (Å²) in [5, 5.41) is 0. The standard InChI is InChI=1S/C15H26BN/c1-10(2)17(11(3)4)14(7)15-13(6)12(5)8-9-16-15/h8-11,14H,1-7H3. The number of rotatable bonds is 4. The summed E-state index contributed by atoms with van der Waals surface area (Å²) in [6.45, 7) is 18.1. The van der Waals surface area contributed by atoms with Gasteiger partial charge in [-0.25, -0.2) is 0 Å². The third-order valence-corrected chi connectivity index (χ3v) is 3.74. The first-order chi connectivity index (χ1) is 7.86. The van der Waals surface area contributed by atoms with Gasteiger partial charge in [0, 0.05) is 0 Å². The molecule has 0 saturated heterocycles. The van der Waals surface area contributed by atoms with Crippen molar-refractivity contribution in [1.82, 2.24) is 4.90 Å². The van der Waals surface area contributed by atoms with E-state index in [1.807, 2.05) is 0 Å². The molecule has 1 aromatic heterocycles. The fourth-order valence-corrected chi connectivity index (χ4v) is 2.88. The van der Waals surface area contributed by atoms with Crippen molar-refractivity contribution in [3.8, 4) is 0 Å². The van der Waals surface area contributed by atoms with E-state index in [9.17, 15) is 0 Å². The van der Waals surface area contributed by atoms with Crippen LogP contribution < -0.4 is 0 Å². The van der Waals surface area contributed by atoms with E-state index in [0.717, 1.165) is 0 Å². The summed E-state index contributed by atoms with van der Waals surface area (Å²) in [6.07, 6.45) is 0. The molecule has 94 valence electrons. The van der Waals surface area contributed by atoms with E-state index in [4.69, 9.17) is 0 Å². The van der Waals surface area contributed by atoms with Gasteiger partial charge in [0.15, 0.2) is 0 Å². The Kier molecular flexibility index (Phi) is 4.94. The molecule has 0 spiro atoms. The molecule has 17 heavy (non-hydrogen) atoms. The molecule has 0 fully saturated rings. The molecule has 2 heteroatoms. The fourth-order valence-electron chi connectivity index (χ4n) is 2.88. The van der Waals surface area contributed by atoms with Crippen molar-refractivity contribution < 1.29 is 0 Å². The Balaban J connectivity index is 3.09. The van der Waals surface area contributed by atoms with Crippen molar-refractivity contribution >= 4 is 6.91 Å². The van der Waals surface area contributed by atoms with Crippen molar-refractivity contribution in [1.29, 1.82) is 0 Å². The molecule has 1 aromatic rings. The van der Waals surface area contributed by atoms with Gasteiger partial charge < -0.3 is 0 Å². The SMILES string of the molecule is Cc1ccbc(C(C)N(C(C)C)C(C)C)c1C. The average Bonchev–Trinajstić information content (AvgIpc) is 2.20.